The first-order valence-electron chi connectivity index (χ1n) is 9.24. The third-order valence-corrected chi connectivity index (χ3v) is 5.18. The predicted octanol–water partition coefficient (Wildman–Crippen LogP) is 3.65. The summed E-state index contributed by atoms with van der Waals surface area (Å²) in [5.41, 5.74) is 1.19. The number of rotatable bonds is 5. The molecule has 1 atom stereocenters. The zero-order valence-corrected chi connectivity index (χ0v) is 16.9. The van der Waals surface area contributed by atoms with E-state index >= 15 is 0 Å². The molecule has 1 aliphatic heterocycles. The number of methoxy groups -OCH3 is 2. The Balaban J connectivity index is 1.87. The summed E-state index contributed by atoms with van der Waals surface area (Å²) in [5.74, 6) is 0.449. The number of para-hydroxylation sites is 1. The Kier molecular flexibility index (Phi) is 5.31. The first-order chi connectivity index (χ1) is 13.3. The molecule has 0 spiro atoms. The van der Waals surface area contributed by atoms with Crippen LogP contribution in [0.2, 0.25) is 0 Å². The molecule has 148 valence electrons. The molecule has 0 aromatic heterocycles. The van der Waals surface area contributed by atoms with Gasteiger partial charge in [-0.1, -0.05) is 18.2 Å². The van der Waals surface area contributed by atoms with Gasteiger partial charge in [0.1, 0.15) is 16.9 Å². The van der Waals surface area contributed by atoms with Gasteiger partial charge in [0, 0.05) is 17.8 Å². The number of fused-ring (bicyclic) bond motifs is 1. The van der Waals surface area contributed by atoms with E-state index in [1.54, 1.807) is 44.1 Å². The van der Waals surface area contributed by atoms with Crippen LogP contribution in [0.25, 0.3) is 0 Å². The lowest BCUT2D eigenvalue weighted by Crippen LogP contribution is -2.49. The smallest absolute Gasteiger partial charge is 0.242 e. The van der Waals surface area contributed by atoms with Crippen molar-refractivity contribution in [3.05, 3.63) is 48.0 Å². The van der Waals surface area contributed by atoms with Crippen LogP contribution < -0.4 is 19.7 Å². The summed E-state index contributed by atoms with van der Waals surface area (Å²) in [6.45, 7) is 5.28. The topological polar surface area (TPSA) is 67.9 Å². The molecule has 2 aromatic carbocycles. The van der Waals surface area contributed by atoms with Gasteiger partial charge in [0.2, 0.25) is 11.8 Å². The maximum Gasteiger partial charge on any atom is 0.242 e. The molecule has 6 heteroatoms. The van der Waals surface area contributed by atoms with Crippen LogP contribution in [0.3, 0.4) is 0 Å². The van der Waals surface area contributed by atoms with E-state index in [9.17, 15) is 9.59 Å². The molecule has 0 bridgehead atoms. The monoisotopic (exact) mass is 382 g/mol. The Bertz CT molecular complexity index is 907. The minimum atomic E-state index is -1.26. The van der Waals surface area contributed by atoms with Gasteiger partial charge in [0.25, 0.3) is 0 Å². The SMILES string of the molecule is COc1ccc(OC)c(NC(=O)C(C)(C)C(=O)N2c3ccccc3CC2C)c1. The minimum absolute atomic E-state index is 0.00308. The standard InChI is InChI=1S/C22H26N2O4/c1-14-12-15-8-6-7-9-18(15)24(14)21(26)22(2,3)20(25)23-17-13-16(27-4)10-11-19(17)28-5/h6-11,13-14H,12H2,1-5H3,(H,23,25). The summed E-state index contributed by atoms with van der Waals surface area (Å²) in [7, 11) is 3.07. The number of ether oxygens (including phenoxy) is 2. The molecule has 2 aromatic rings. The molecule has 1 heterocycles. The van der Waals surface area contributed by atoms with E-state index < -0.39 is 11.3 Å². The zero-order chi connectivity index (χ0) is 20.5. The van der Waals surface area contributed by atoms with Crippen molar-refractivity contribution in [2.45, 2.75) is 33.2 Å². The predicted molar refractivity (Wildman–Crippen MR) is 109 cm³/mol. The molecular weight excluding hydrogens is 356 g/mol. The maximum atomic E-state index is 13.4. The molecule has 28 heavy (non-hydrogen) atoms. The molecule has 1 aliphatic rings. The number of carbonyl (C=O) groups is 2. The van der Waals surface area contributed by atoms with Gasteiger partial charge in [-0.05, 0) is 51.0 Å². The largest absolute Gasteiger partial charge is 0.497 e. The number of nitrogens with one attached hydrogen (secondary N) is 1. The van der Waals surface area contributed by atoms with Crippen LogP contribution in [0.1, 0.15) is 26.3 Å². The summed E-state index contributed by atoms with van der Waals surface area (Å²) in [6, 6.07) is 12.9. The van der Waals surface area contributed by atoms with Gasteiger partial charge in [-0.3, -0.25) is 9.59 Å². The van der Waals surface area contributed by atoms with Crippen molar-refractivity contribution < 1.29 is 19.1 Å². The normalized spacial score (nSPS) is 15.8. The number of benzene rings is 2. The number of anilines is 2. The Labute approximate surface area is 165 Å². The van der Waals surface area contributed by atoms with Gasteiger partial charge >= 0.3 is 0 Å². The Morgan fingerprint density at radius 1 is 1.11 bits per heavy atom. The van der Waals surface area contributed by atoms with Crippen molar-refractivity contribution in [2.24, 2.45) is 5.41 Å². The molecule has 3 rings (SSSR count). The molecule has 0 fully saturated rings. The van der Waals surface area contributed by atoms with E-state index in [1.165, 1.54) is 7.11 Å². The quantitative estimate of drug-likeness (QED) is 0.802. The minimum Gasteiger partial charge on any atom is -0.497 e. The summed E-state index contributed by atoms with van der Waals surface area (Å²) in [4.78, 5) is 28.2. The second-order valence-electron chi connectivity index (χ2n) is 7.50. The fraction of sp³-hybridized carbons (Fsp3) is 0.364. The number of hydrogen-bond acceptors (Lipinski definition) is 4. The number of carbonyl (C=O) groups excluding carboxylic acids is 2. The Hall–Kier alpha value is -3.02. The van der Waals surface area contributed by atoms with Gasteiger partial charge in [-0.15, -0.1) is 0 Å². The molecular formula is C22H26N2O4. The first kappa shape index (κ1) is 19.7. The number of amides is 2. The van der Waals surface area contributed by atoms with Crippen molar-refractivity contribution in [3.8, 4) is 11.5 Å². The second-order valence-corrected chi connectivity index (χ2v) is 7.50. The average molecular weight is 382 g/mol. The lowest BCUT2D eigenvalue weighted by Gasteiger charge is -2.31. The van der Waals surface area contributed by atoms with Gasteiger partial charge in [-0.25, -0.2) is 0 Å². The summed E-state index contributed by atoms with van der Waals surface area (Å²) < 4.78 is 10.5. The van der Waals surface area contributed by atoms with Crippen LogP contribution in [0, 0.1) is 5.41 Å². The van der Waals surface area contributed by atoms with Crippen molar-refractivity contribution in [1.82, 2.24) is 0 Å². The van der Waals surface area contributed by atoms with E-state index in [0.29, 0.717) is 17.2 Å². The lowest BCUT2D eigenvalue weighted by atomic mass is 9.89. The molecule has 0 saturated heterocycles. The van der Waals surface area contributed by atoms with Crippen molar-refractivity contribution in [3.63, 3.8) is 0 Å². The fourth-order valence-corrected chi connectivity index (χ4v) is 3.46. The highest BCUT2D eigenvalue weighted by atomic mass is 16.5. The number of nitrogens with zero attached hydrogens (tertiary/aromatic N) is 1. The zero-order valence-electron chi connectivity index (χ0n) is 16.9. The molecule has 0 radical (unpaired) electrons. The average Bonchev–Trinajstić information content (AvgIpc) is 3.02. The summed E-state index contributed by atoms with van der Waals surface area (Å²) in [6.07, 6.45) is 0.781. The Morgan fingerprint density at radius 3 is 2.50 bits per heavy atom. The van der Waals surface area contributed by atoms with E-state index in [4.69, 9.17) is 9.47 Å². The van der Waals surface area contributed by atoms with E-state index in [0.717, 1.165) is 17.7 Å². The highest BCUT2D eigenvalue weighted by molar-refractivity contribution is 6.15. The van der Waals surface area contributed by atoms with Gasteiger partial charge < -0.3 is 19.7 Å². The third kappa shape index (κ3) is 3.42. The van der Waals surface area contributed by atoms with Gasteiger partial charge in [-0.2, -0.15) is 0 Å². The van der Waals surface area contributed by atoms with Crippen LogP contribution in [0.4, 0.5) is 11.4 Å². The van der Waals surface area contributed by atoms with Crippen molar-refractivity contribution >= 4 is 23.2 Å². The first-order valence-corrected chi connectivity index (χ1v) is 9.24. The van der Waals surface area contributed by atoms with Crippen LogP contribution >= 0.6 is 0 Å². The molecule has 0 aliphatic carbocycles. The van der Waals surface area contributed by atoms with Crippen LogP contribution in [0.5, 0.6) is 11.5 Å². The third-order valence-electron chi connectivity index (χ3n) is 5.18. The highest BCUT2D eigenvalue weighted by Gasteiger charge is 2.43. The summed E-state index contributed by atoms with van der Waals surface area (Å²) in [5, 5.41) is 2.83. The summed E-state index contributed by atoms with van der Waals surface area (Å²) >= 11 is 0. The molecule has 2 amide bonds. The van der Waals surface area contributed by atoms with E-state index in [1.807, 2.05) is 31.2 Å². The van der Waals surface area contributed by atoms with Crippen molar-refractivity contribution in [2.75, 3.05) is 24.4 Å². The number of hydrogen-bond donors (Lipinski definition) is 1. The van der Waals surface area contributed by atoms with Crippen LogP contribution in [-0.4, -0.2) is 32.1 Å². The van der Waals surface area contributed by atoms with Crippen LogP contribution in [-0.2, 0) is 16.0 Å². The van der Waals surface area contributed by atoms with E-state index in [-0.39, 0.29) is 11.9 Å². The van der Waals surface area contributed by atoms with Crippen LogP contribution in [0.15, 0.2) is 42.5 Å². The molecule has 1 N–H and O–H groups in total. The second kappa shape index (κ2) is 7.54. The molecule has 6 nitrogen and oxygen atoms in total. The molecule has 1 unspecified atom stereocenters. The molecule has 0 saturated carbocycles. The lowest BCUT2D eigenvalue weighted by molar-refractivity contribution is -0.136. The van der Waals surface area contributed by atoms with Gasteiger partial charge in [0.05, 0.1) is 19.9 Å². The van der Waals surface area contributed by atoms with Gasteiger partial charge in [0.15, 0.2) is 0 Å². The fourth-order valence-electron chi connectivity index (χ4n) is 3.46. The van der Waals surface area contributed by atoms with Crippen molar-refractivity contribution in [1.29, 1.82) is 0 Å². The highest BCUT2D eigenvalue weighted by Crippen LogP contribution is 2.36. The van der Waals surface area contributed by atoms with E-state index in [2.05, 4.69) is 5.32 Å². The maximum absolute atomic E-state index is 13.4. The Morgan fingerprint density at radius 2 is 1.82 bits per heavy atom.